The van der Waals surface area contributed by atoms with E-state index in [-0.39, 0.29) is 37.3 Å². The van der Waals surface area contributed by atoms with Gasteiger partial charge in [-0.3, -0.25) is 0 Å². The number of carbonyl (C=O) groups excluding carboxylic acids is 3. The summed E-state index contributed by atoms with van der Waals surface area (Å²) in [6, 6.07) is 2.99. The lowest BCUT2D eigenvalue weighted by atomic mass is 10.2. The van der Waals surface area contributed by atoms with E-state index < -0.39 is 35.3 Å². The molecule has 2 aromatic rings. The van der Waals surface area contributed by atoms with Gasteiger partial charge in [0.25, 0.3) is 0 Å². The normalized spacial score (nSPS) is 12.0. The first-order chi connectivity index (χ1) is 20.0. The van der Waals surface area contributed by atoms with Gasteiger partial charge >= 0.3 is 24.1 Å². The molecule has 0 aliphatic rings. The zero-order valence-corrected chi connectivity index (χ0v) is 25.4. The zero-order chi connectivity index (χ0) is 32.8. The number of aromatic nitrogens is 2. The average molecular weight is 611 g/mol. The van der Waals surface area contributed by atoms with Crippen LogP contribution in [0.1, 0.15) is 62.3 Å². The molecule has 3 N–H and O–H groups in total. The number of hydrogen-bond acceptors (Lipinski definition) is 7. The van der Waals surface area contributed by atoms with E-state index >= 15 is 0 Å². The molecule has 0 unspecified atom stereocenters. The molecule has 0 bridgehead atoms. The quantitative estimate of drug-likeness (QED) is 0.245. The summed E-state index contributed by atoms with van der Waals surface area (Å²) in [5.41, 5.74) is -0.125. The van der Waals surface area contributed by atoms with Crippen molar-refractivity contribution in [2.45, 2.75) is 65.8 Å². The molecule has 0 aromatic carbocycles. The van der Waals surface area contributed by atoms with E-state index in [1.807, 2.05) is 0 Å². The van der Waals surface area contributed by atoms with Gasteiger partial charge in [0.1, 0.15) is 11.2 Å². The fraction of sp³-hybridized carbons (Fsp3) is 0.448. The van der Waals surface area contributed by atoms with Crippen molar-refractivity contribution in [3.8, 4) is 0 Å². The maximum absolute atomic E-state index is 12.9. The number of ether oxygens (including phenoxy) is 3. The minimum Gasteiger partial charge on any atom is -0.478 e. The van der Waals surface area contributed by atoms with Crippen molar-refractivity contribution < 1.29 is 47.3 Å². The highest BCUT2D eigenvalue weighted by atomic mass is 19.1. The molecule has 0 saturated carbocycles. The Balaban J connectivity index is 0.000000430. The molecular formula is C29H40F2N4O8. The molecule has 0 atom stereocenters. The number of aromatic carboxylic acids is 1. The topological polar surface area (TPSA) is 150 Å². The molecule has 0 fully saturated rings. The number of nitrogens with zero attached hydrogens (tertiary/aromatic N) is 2. The van der Waals surface area contributed by atoms with Crippen LogP contribution in [-0.4, -0.2) is 69.8 Å². The summed E-state index contributed by atoms with van der Waals surface area (Å²) in [5.74, 6) is -1.51. The van der Waals surface area contributed by atoms with Crippen molar-refractivity contribution in [2.75, 3.05) is 20.2 Å². The van der Waals surface area contributed by atoms with Crippen LogP contribution in [0.15, 0.2) is 60.7 Å². The van der Waals surface area contributed by atoms with Crippen LogP contribution in [0, 0.1) is 0 Å². The van der Waals surface area contributed by atoms with E-state index in [1.54, 1.807) is 64.6 Å². The zero-order valence-electron chi connectivity index (χ0n) is 25.4. The number of carboxylic acid groups (broad SMARTS) is 1. The maximum Gasteiger partial charge on any atom is 0.407 e. The van der Waals surface area contributed by atoms with Crippen LogP contribution in [-0.2, 0) is 27.3 Å². The van der Waals surface area contributed by atoms with Gasteiger partial charge in [0.05, 0.1) is 30.9 Å². The summed E-state index contributed by atoms with van der Waals surface area (Å²) in [5, 5.41) is 13.7. The van der Waals surface area contributed by atoms with Crippen LogP contribution in [0.3, 0.4) is 0 Å². The lowest BCUT2D eigenvalue weighted by Crippen LogP contribution is -2.33. The SMILES string of the molecule is CC(C)(C)OC(=O)NC/C(=C\F)Cn1ccc(C(=O)O)c1.COC(=O)c1ccn(C/C(=C/F)CNC(=O)OC(C)(C)C)c1. The van der Waals surface area contributed by atoms with Gasteiger partial charge in [0.2, 0.25) is 0 Å². The summed E-state index contributed by atoms with van der Waals surface area (Å²) in [6.07, 6.45) is 5.65. The highest BCUT2D eigenvalue weighted by Gasteiger charge is 2.17. The number of rotatable bonds is 10. The molecule has 2 aromatic heterocycles. The number of esters is 1. The Labute approximate surface area is 249 Å². The van der Waals surface area contributed by atoms with Crippen molar-refractivity contribution in [1.82, 2.24) is 19.8 Å². The summed E-state index contributed by atoms with van der Waals surface area (Å²) < 4.78 is 43.5. The van der Waals surface area contributed by atoms with Crippen LogP contribution in [0.25, 0.3) is 0 Å². The minimum atomic E-state index is -1.05. The van der Waals surface area contributed by atoms with E-state index in [4.69, 9.17) is 14.6 Å². The van der Waals surface area contributed by atoms with E-state index in [1.165, 1.54) is 30.1 Å². The number of carbonyl (C=O) groups is 4. The van der Waals surface area contributed by atoms with Gasteiger partial charge in [-0.15, -0.1) is 0 Å². The van der Waals surface area contributed by atoms with Crippen LogP contribution in [0.2, 0.25) is 0 Å². The Morgan fingerprint density at radius 1 is 0.791 bits per heavy atom. The summed E-state index contributed by atoms with van der Waals surface area (Å²) in [7, 11) is 1.29. The number of nitrogens with one attached hydrogen (secondary N) is 2. The van der Waals surface area contributed by atoms with Gasteiger partial charge < -0.3 is 39.1 Å². The molecule has 0 saturated heterocycles. The molecule has 43 heavy (non-hydrogen) atoms. The molecule has 2 heterocycles. The predicted molar refractivity (Wildman–Crippen MR) is 154 cm³/mol. The molecular weight excluding hydrogens is 570 g/mol. The van der Waals surface area contributed by atoms with Crippen molar-refractivity contribution in [3.63, 3.8) is 0 Å². The number of methoxy groups -OCH3 is 1. The number of alkyl carbamates (subject to hydrolysis) is 2. The second kappa shape index (κ2) is 16.7. The lowest BCUT2D eigenvalue weighted by Gasteiger charge is -2.20. The Hall–Kier alpha value is -4.62. The first kappa shape index (κ1) is 36.4. The third-order valence-corrected chi connectivity index (χ3v) is 4.97. The fourth-order valence-corrected chi connectivity index (χ4v) is 3.17. The molecule has 12 nitrogen and oxygen atoms in total. The van der Waals surface area contributed by atoms with Crippen molar-refractivity contribution in [1.29, 1.82) is 0 Å². The van der Waals surface area contributed by atoms with Crippen molar-refractivity contribution in [3.05, 3.63) is 71.9 Å². The summed E-state index contributed by atoms with van der Waals surface area (Å²) in [6.45, 7) is 10.7. The van der Waals surface area contributed by atoms with Crippen LogP contribution < -0.4 is 10.6 Å². The third-order valence-electron chi connectivity index (χ3n) is 4.97. The van der Waals surface area contributed by atoms with Gasteiger partial charge in [-0.1, -0.05) is 0 Å². The Bertz CT molecular complexity index is 1300. The number of halogens is 2. The van der Waals surface area contributed by atoms with Gasteiger partial charge in [-0.2, -0.15) is 0 Å². The average Bonchev–Trinajstić information content (AvgIpc) is 3.57. The summed E-state index contributed by atoms with van der Waals surface area (Å²) >= 11 is 0. The van der Waals surface area contributed by atoms with Gasteiger partial charge in [-0.25, -0.2) is 28.0 Å². The molecule has 14 heteroatoms. The molecule has 0 aliphatic heterocycles. The smallest absolute Gasteiger partial charge is 0.407 e. The van der Waals surface area contributed by atoms with Crippen molar-refractivity contribution in [2.24, 2.45) is 0 Å². The van der Waals surface area contributed by atoms with Gasteiger partial charge in [0.15, 0.2) is 0 Å². The maximum atomic E-state index is 12.9. The Morgan fingerprint density at radius 2 is 1.19 bits per heavy atom. The number of amides is 2. The fourth-order valence-electron chi connectivity index (χ4n) is 3.17. The van der Waals surface area contributed by atoms with Crippen molar-refractivity contribution >= 4 is 24.1 Å². The third kappa shape index (κ3) is 15.3. The van der Waals surface area contributed by atoms with E-state index in [9.17, 15) is 28.0 Å². The van der Waals surface area contributed by atoms with Crippen LogP contribution >= 0.6 is 0 Å². The molecule has 0 radical (unpaired) electrons. The van der Waals surface area contributed by atoms with Crippen LogP contribution in [0.4, 0.5) is 18.4 Å². The first-order valence-electron chi connectivity index (χ1n) is 13.1. The first-order valence-corrected chi connectivity index (χ1v) is 13.1. The Morgan fingerprint density at radius 3 is 1.51 bits per heavy atom. The van der Waals surface area contributed by atoms with Gasteiger partial charge in [0, 0.05) is 51.0 Å². The van der Waals surface area contributed by atoms with E-state index in [0.29, 0.717) is 23.8 Å². The molecule has 0 spiro atoms. The van der Waals surface area contributed by atoms with E-state index in [0.717, 1.165) is 0 Å². The van der Waals surface area contributed by atoms with Gasteiger partial charge in [-0.05, 0) is 64.8 Å². The monoisotopic (exact) mass is 610 g/mol. The molecule has 238 valence electrons. The second-order valence-corrected chi connectivity index (χ2v) is 11.2. The number of carboxylic acids is 1. The van der Waals surface area contributed by atoms with E-state index in [2.05, 4.69) is 15.4 Å². The standard InChI is InChI=1S/C15H21FN2O4.C14H19FN2O4/c1-15(2,3)22-14(20)17-8-11(7-16)9-18-6-5-12(10-18)13(19)21-4;1-14(2,3)21-13(20)16-7-10(6-15)8-17-5-4-11(9-17)12(18)19/h5-7,10H,8-9H2,1-4H3,(H,17,20);4-6,9H,7-8H2,1-3H3,(H,16,20)(H,18,19)/b11-7+;10-6+. The molecule has 2 amide bonds. The Kier molecular flexibility index (Phi) is 14.2. The minimum absolute atomic E-state index is 0.0111. The highest BCUT2D eigenvalue weighted by molar-refractivity contribution is 5.89. The lowest BCUT2D eigenvalue weighted by molar-refractivity contribution is 0.0520. The largest absolute Gasteiger partial charge is 0.478 e. The summed E-state index contributed by atoms with van der Waals surface area (Å²) in [4.78, 5) is 45.0. The molecule has 0 aliphatic carbocycles. The second-order valence-electron chi connectivity index (χ2n) is 11.2. The van der Waals surface area contributed by atoms with Crippen LogP contribution in [0.5, 0.6) is 0 Å². The molecule has 2 rings (SSSR count). The number of hydrogen-bond donors (Lipinski definition) is 3. The highest BCUT2D eigenvalue weighted by Crippen LogP contribution is 2.10. The predicted octanol–water partition coefficient (Wildman–Crippen LogP) is 5.22.